The summed E-state index contributed by atoms with van der Waals surface area (Å²) in [4.78, 5) is 16.3. The van der Waals surface area contributed by atoms with Crippen LogP contribution in [0.15, 0.2) is 57.6 Å². The first-order valence-electron chi connectivity index (χ1n) is 9.70. The van der Waals surface area contributed by atoms with Crippen molar-refractivity contribution in [1.29, 1.82) is 0 Å². The molecule has 5 nitrogen and oxygen atoms in total. The smallest absolute Gasteiger partial charge is 0.291 e. The molecule has 4 rings (SSSR count). The van der Waals surface area contributed by atoms with Gasteiger partial charge in [0, 0.05) is 28.0 Å². The van der Waals surface area contributed by atoms with Crippen LogP contribution in [0.5, 0.6) is 0 Å². The predicted molar refractivity (Wildman–Crippen MR) is 119 cm³/mol. The van der Waals surface area contributed by atoms with Gasteiger partial charge in [-0.05, 0) is 42.3 Å². The van der Waals surface area contributed by atoms with Gasteiger partial charge in [-0.3, -0.25) is 9.69 Å². The van der Waals surface area contributed by atoms with Gasteiger partial charge in [-0.25, -0.2) is 0 Å². The van der Waals surface area contributed by atoms with Gasteiger partial charge in [-0.2, -0.15) is 0 Å². The van der Waals surface area contributed by atoms with Gasteiger partial charge in [0.15, 0.2) is 5.76 Å². The van der Waals surface area contributed by atoms with Gasteiger partial charge >= 0.3 is 0 Å². The molecule has 3 heterocycles. The molecule has 0 saturated carbocycles. The zero-order valence-corrected chi connectivity index (χ0v) is 18.6. The standard InChI is InChI=1S/C22H23BrN2O3S/c1-2-17-14-18(22(29-17)24-21(26)19-7-4-10-28-19)20(25-8-11-27-12-9-25)15-5-3-6-16(23)13-15/h3-7,10,13-14,20H,2,8-9,11-12H2,1H3,(H,24,26)/t20-/m0/s1. The van der Waals surface area contributed by atoms with E-state index >= 15 is 0 Å². The SMILES string of the molecule is CCc1cc([C@H](c2cccc(Br)c2)N2CCOCC2)c(NC(=O)c2ccco2)s1. The van der Waals surface area contributed by atoms with E-state index in [1.54, 1.807) is 23.5 Å². The maximum atomic E-state index is 12.7. The second-order valence-electron chi connectivity index (χ2n) is 6.89. The Morgan fingerprint density at radius 3 is 2.76 bits per heavy atom. The number of nitrogens with zero attached hydrogens (tertiary/aromatic N) is 1. The van der Waals surface area contributed by atoms with Gasteiger partial charge in [0.25, 0.3) is 5.91 Å². The van der Waals surface area contributed by atoms with E-state index in [-0.39, 0.29) is 11.9 Å². The van der Waals surface area contributed by atoms with Crippen LogP contribution < -0.4 is 5.32 Å². The molecule has 0 aliphatic carbocycles. The van der Waals surface area contributed by atoms with Crippen LogP contribution in [0.3, 0.4) is 0 Å². The largest absolute Gasteiger partial charge is 0.459 e. The van der Waals surface area contributed by atoms with Crippen molar-refractivity contribution >= 4 is 38.2 Å². The number of halogens is 1. The fourth-order valence-corrected chi connectivity index (χ4v) is 5.05. The Morgan fingerprint density at radius 1 is 1.24 bits per heavy atom. The van der Waals surface area contributed by atoms with E-state index in [9.17, 15) is 4.79 Å². The highest BCUT2D eigenvalue weighted by molar-refractivity contribution is 9.10. The molecular formula is C22H23BrN2O3S. The van der Waals surface area contributed by atoms with E-state index < -0.39 is 0 Å². The monoisotopic (exact) mass is 474 g/mol. The third kappa shape index (κ3) is 4.64. The second-order valence-corrected chi connectivity index (χ2v) is 8.94. The van der Waals surface area contributed by atoms with E-state index in [0.717, 1.165) is 34.5 Å². The fraction of sp³-hybridized carbons (Fsp3) is 0.318. The third-order valence-electron chi connectivity index (χ3n) is 5.00. The minimum atomic E-state index is -0.226. The number of carbonyl (C=O) groups is 1. The summed E-state index contributed by atoms with van der Waals surface area (Å²) < 4.78 is 11.9. The number of morpholine rings is 1. The lowest BCUT2D eigenvalue weighted by Gasteiger charge is -2.35. The number of furan rings is 1. The van der Waals surface area contributed by atoms with Crippen LogP contribution in [0.2, 0.25) is 0 Å². The second kappa shape index (κ2) is 9.26. The van der Waals surface area contributed by atoms with Crippen LogP contribution in [-0.2, 0) is 11.2 Å². The molecule has 2 aromatic heterocycles. The molecule has 3 aromatic rings. The number of rotatable bonds is 6. The van der Waals surface area contributed by atoms with Gasteiger partial charge in [0.05, 0.1) is 25.5 Å². The fourth-order valence-electron chi connectivity index (χ4n) is 3.61. The number of aryl methyl sites for hydroxylation is 1. The zero-order chi connectivity index (χ0) is 20.2. The normalized spacial score (nSPS) is 15.9. The summed E-state index contributed by atoms with van der Waals surface area (Å²) in [7, 11) is 0. The molecule has 1 saturated heterocycles. The minimum absolute atomic E-state index is 0.0415. The maximum absolute atomic E-state index is 12.7. The van der Waals surface area contributed by atoms with Crippen molar-refractivity contribution in [2.45, 2.75) is 19.4 Å². The first kappa shape index (κ1) is 20.3. The van der Waals surface area contributed by atoms with Crippen molar-refractivity contribution in [2.24, 2.45) is 0 Å². The highest BCUT2D eigenvalue weighted by Gasteiger charge is 2.29. The Kier molecular flexibility index (Phi) is 6.50. The molecule has 1 atom stereocenters. The molecule has 29 heavy (non-hydrogen) atoms. The van der Waals surface area contributed by atoms with E-state index in [2.05, 4.69) is 57.3 Å². The molecule has 1 aliphatic heterocycles. The maximum Gasteiger partial charge on any atom is 0.291 e. The zero-order valence-electron chi connectivity index (χ0n) is 16.2. The number of amides is 1. The summed E-state index contributed by atoms with van der Waals surface area (Å²) in [6, 6.07) is 14.1. The van der Waals surface area contributed by atoms with Crippen molar-refractivity contribution in [3.63, 3.8) is 0 Å². The van der Waals surface area contributed by atoms with Crippen molar-refractivity contribution in [3.8, 4) is 0 Å². The molecule has 0 unspecified atom stereocenters. The molecule has 1 fully saturated rings. The Morgan fingerprint density at radius 2 is 2.07 bits per heavy atom. The van der Waals surface area contributed by atoms with Gasteiger partial charge < -0.3 is 14.5 Å². The average Bonchev–Trinajstić information content (AvgIpc) is 3.40. The van der Waals surface area contributed by atoms with E-state index in [1.807, 2.05) is 6.07 Å². The van der Waals surface area contributed by atoms with E-state index in [1.165, 1.54) is 16.7 Å². The highest BCUT2D eigenvalue weighted by Crippen LogP contribution is 2.40. The Bertz CT molecular complexity index is 964. The van der Waals surface area contributed by atoms with E-state index in [0.29, 0.717) is 19.0 Å². The molecule has 1 aromatic carbocycles. The van der Waals surface area contributed by atoms with Crippen LogP contribution in [0, 0.1) is 0 Å². The molecule has 1 N–H and O–H groups in total. The van der Waals surface area contributed by atoms with Crippen LogP contribution in [0.1, 0.15) is 39.5 Å². The Labute approximate surface area is 182 Å². The molecular weight excluding hydrogens is 452 g/mol. The summed E-state index contributed by atoms with van der Waals surface area (Å²) >= 11 is 5.24. The predicted octanol–water partition coefficient (Wildman–Crippen LogP) is 5.34. The van der Waals surface area contributed by atoms with Gasteiger partial charge in [-0.15, -0.1) is 11.3 Å². The summed E-state index contributed by atoms with van der Waals surface area (Å²) in [5, 5.41) is 3.96. The van der Waals surface area contributed by atoms with Gasteiger partial charge in [0.1, 0.15) is 5.00 Å². The number of anilines is 1. The van der Waals surface area contributed by atoms with Crippen molar-refractivity contribution in [3.05, 3.63) is 75.0 Å². The quantitative estimate of drug-likeness (QED) is 0.523. The third-order valence-corrected chi connectivity index (χ3v) is 6.71. The Hall–Kier alpha value is -1.93. The number of carbonyl (C=O) groups excluding carboxylic acids is 1. The summed E-state index contributed by atoms with van der Waals surface area (Å²) in [6.45, 7) is 5.25. The number of thiophene rings is 1. The molecule has 1 aliphatic rings. The van der Waals surface area contributed by atoms with Crippen LogP contribution in [-0.4, -0.2) is 37.1 Å². The number of nitrogens with one attached hydrogen (secondary N) is 1. The minimum Gasteiger partial charge on any atom is -0.459 e. The lowest BCUT2D eigenvalue weighted by molar-refractivity contribution is 0.0241. The molecule has 0 bridgehead atoms. The number of benzene rings is 1. The summed E-state index contributed by atoms with van der Waals surface area (Å²) in [5.74, 6) is 0.0866. The van der Waals surface area contributed by atoms with Crippen LogP contribution >= 0.6 is 27.3 Å². The van der Waals surface area contributed by atoms with Crippen LogP contribution in [0.4, 0.5) is 5.00 Å². The summed E-state index contributed by atoms with van der Waals surface area (Å²) in [5.41, 5.74) is 2.31. The van der Waals surface area contributed by atoms with Crippen molar-refractivity contribution in [2.75, 3.05) is 31.6 Å². The highest BCUT2D eigenvalue weighted by atomic mass is 79.9. The average molecular weight is 475 g/mol. The number of hydrogen-bond donors (Lipinski definition) is 1. The lowest BCUT2D eigenvalue weighted by Crippen LogP contribution is -2.39. The molecule has 7 heteroatoms. The van der Waals surface area contributed by atoms with Crippen molar-refractivity contribution in [1.82, 2.24) is 4.90 Å². The van der Waals surface area contributed by atoms with E-state index in [4.69, 9.17) is 9.15 Å². The first-order valence-corrected chi connectivity index (χ1v) is 11.3. The van der Waals surface area contributed by atoms with Gasteiger partial charge in [0.2, 0.25) is 0 Å². The molecule has 1 amide bonds. The topological polar surface area (TPSA) is 54.7 Å². The van der Waals surface area contributed by atoms with Gasteiger partial charge in [-0.1, -0.05) is 35.0 Å². The number of ether oxygens (including phenoxy) is 1. The molecule has 0 radical (unpaired) electrons. The molecule has 0 spiro atoms. The van der Waals surface area contributed by atoms with Crippen molar-refractivity contribution < 1.29 is 13.9 Å². The Balaban J connectivity index is 1.75. The lowest BCUT2D eigenvalue weighted by atomic mass is 9.97. The molecule has 152 valence electrons. The first-order chi connectivity index (χ1) is 14.2. The summed E-state index contributed by atoms with van der Waals surface area (Å²) in [6.07, 6.45) is 2.43. The van der Waals surface area contributed by atoms with Crippen LogP contribution in [0.25, 0.3) is 0 Å². The number of hydrogen-bond acceptors (Lipinski definition) is 5.